The van der Waals surface area contributed by atoms with E-state index >= 15 is 0 Å². The fourth-order valence-electron chi connectivity index (χ4n) is 2.50. The lowest BCUT2D eigenvalue weighted by molar-refractivity contribution is -0.125. The number of nitrogens with zero attached hydrogens (tertiary/aromatic N) is 1. The maximum atomic E-state index is 11.6. The van der Waals surface area contributed by atoms with Crippen molar-refractivity contribution in [2.24, 2.45) is 11.8 Å². The quantitative estimate of drug-likeness (QED) is 0.404. The summed E-state index contributed by atoms with van der Waals surface area (Å²) < 4.78 is 5.35. The Morgan fingerprint density at radius 3 is 2.75 bits per heavy atom. The Balaban J connectivity index is 1.91. The number of nitrogens with two attached hydrogens (primary N) is 1. The van der Waals surface area contributed by atoms with E-state index in [-0.39, 0.29) is 17.7 Å². The van der Waals surface area contributed by atoms with Crippen LogP contribution in [-0.4, -0.2) is 36.9 Å². The number of carbonyl (C=O) groups excluding carboxylic acids is 2. The smallest absolute Gasteiger partial charge is 0.268 e. The molecule has 0 aliphatic carbocycles. The molecular weight excluding hydrogens is 260 g/mol. The zero-order valence-corrected chi connectivity index (χ0v) is 11.5. The maximum Gasteiger partial charge on any atom is 0.268 e. The molecule has 7 heteroatoms. The molecule has 2 heterocycles. The van der Waals surface area contributed by atoms with Crippen LogP contribution >= 0.6 is 0 Å². The Bertz CT molecular complexity index is 478. The van der Waals surface area contributed by atoms with Gasteiger partial charge in [0.1, 0.15) is 5.76 Å². The number of likely N-dealkylation sites (tertiary alicyclic amines) is 1. The van der Waals surface area contributed by atoms with Crippen molar-refractivity contribution in [3.05, 3.63) is 23.7 Å². The minimum atomic E-state index is -0.353. The van der Waals surface area contributed by atoms with Crippen LogP contribution in [0.25, 0.3) is 0 Å². The van der Waals surface area contributed by atoms with Crippen LogP contribution in [0, 0.1) is 5.92 Å². The van der Waals surface area contributed by atoms with Crippen molar-refractivity contribution in [3.8, 4) is 0 Å². The molecule has 4 N–H and O–H groups in total. The molecule has 7 nitrogen and oxygen atoms in total. The molecule has 20 heavy (non-hydrogen) atoms. The van der Waals surface area contributed by atoms with Crippen molar-refractivity contribution in [2.75, 3.05) is 20.1 Å². The average Bonchev–Trinajstić information content (AvgIpc) is 2.94. The molecule has 0 atom stereocenters. The number of rotatable bonds is 4. The first-order valence-electron chi connectivity index (χ1n) is 6.67. The predicted octanol–water partition coefficient (Wildman–Crippen LogP) is -0.159. The molecule has 1 saturated heterocycles. The molecule has 0 spiro atoms. The van der Waals surface area contributed by atoms with E-state index in [4.69, 9.17) is 10.3 Å². The number of amides is 2. The molecule has 0 radical (unpaired) electrons. The molecule has 1 fully saturated rings. The van der Waals surface area contributed by atoms with Crippen LogP contribution in [-0.2, 0) is 11.3 Å². The lowest BCUT2D eigenvalue weighted by Gasteiger charge is -2.30. The van der Waals surface area contributed by atoms with Gasteiger partial charge in [-0.15, -0.1) is 0 Å². The number of hydrazine groups is 1. The molecule has 0 aromatic carbocycles. The molecule has 2 rings (SSSR count). The van der Waals surface area contributed by atoms with Gasteiger partial charge in [0.25, 0.3) is 5.91 Å². The van der Waals surface area contributed by atoms with E-state index in [1.54, 1.807) is 13.1 Å². The third-order valence-corrected chi connectivity index (χ3v) is 3.69. The van der Waals surface area contributed by atoms with Gasteiger partial charge in [0.05, 0.1) is 18.4 Å². The number of piperidine rings is 1. The van der Waals surface area contributed by atoms with Gasteiger partial charge < -0.3 is 9.73 Å². The summed E-state index contributed by atoms with van der Waals surface area (Å²) in [5, 5.41) is 2.68. The summed E-state index contributed by atoms with van der Waals surface area (Å²) in [5.74, 6) is 5.57. The number of carbonyl (C=O) groups is 2. The Kier molecular flexibility index (Phi) is 4.75. The lowest BCUT2D eigenvalue weighted by atomic mass is 9.96. The van der Waals surface area contributed by atoms with Crippen molar-refractivity contribution in [1.29, 1.82) is 0 Å². The Labute approximate surface area is 117 Å². The van der Waals surface area contributed by atoms with Crippen LogP contribution in [0.3, 0.4) is 0 Å². The van der Waals surface area contributed by atoms with Gasteiger partial charge in [-0.3, -0.25) is 19.9 Å². The number of hydrogen-bond acceptors (Lipinski definition) is 5. The van der Waals surface area contributed by atoms with Crippen LogP contribution in [0.1, 0.15) is 29.0 Å². The fraction of sp³-hybridized carbons (Fsp3) is 0.538. The topological polar surface area (TPSA) is 101 Å². The Morgan fingerprint density at radius 1 is 1.45 bits per heavy atom. The van der Waals surface area contributed by atoms with E-state index in [1.165, 1.54) is 6.26 Å². The highest BCUT2D eigenvalue weighted by molar-refractivity contribution is 5.94. The summed E-state index contributed by atoms with van der Waals surface area (Å²) in [4.78, 5) is 25.3. The van der Waals surface area contributed by atoms with E-state index in [1.807, 2.05) is 0 Å². The summed E-state index contributed by atoms with van der Waals surface area (Å²) in [6, 6.07) is 1.61. The highest BCUT2D eigenvalue weighted by Crippen LogP contribution is 2.20. The summed E-state index contributed by atoms with van der Waals surface area (Å²) >= 11 is 0. The van der Waals surface area contributed by atoms with E-state index in [9.17, 15) is 9.59 Å². The molecule has 0 saturated carbocycles. The zero-order valence-electron chi connectivity index (χ0n) is 11.5. The van der Waals surface area contributed by atoms with Gasteiger partial charge in [0.15, 0.2) is 0 Å². The largest absolute Gasteiger partial charge is 0.467 e. The minimum absolute atomic E-state index is 0.0830. The summed E-state index contributed by atoms with van der Waals surface area (Å²) in [5.41, 5.74) is 2.56. The first-order chi connectivity index (χ1) is 9.65. The molecule has 110 valence electrons. The third kappa shape index (κ3) is 3.17. The van der Waals surface area contributed by atoms with Crippen molar-refractivity contribution >= 4 is 11.8 Å². The highest BCUT2D eigenvalue weighted by atomic mass is 16.3. The van der Waals surface area contributed by atoms with E-state index < -0.39 is 0 Å². The van der Waals surface area contributed by atoms with Crippen LogP contribution in [0.5, 0.6) is 0 Å². The molecule has 1 aliphatic heterocycles. The minimum Gasteiger partial charge on any atom is -0.467 e. The van der Waals surface area contributed by atoms with Crippen LogP contribution in [0.15, 0.2) is 16.7 Å². The van der Waals surface area contributed by atoms with Crippen molar-refractivity contribution in [1.82, 2.24) is 15.6 Å². The summed E-state index contributed by atoms with van der Waals surface area (Å²) in [7, 11) is 1.66. The number of nitrogens with one attached hydrogen (secondary N) is 2. The number of nitrogen functional groups attached to an aromatic ring is 1. The number of hydrogen-bond donors (Lipinski definition) is 3. The maximum absolute atomic E-state index is 11.6. The van der Waals surface area contributed by atoms with E-state index in [0.717, 1.165) is 25.9 Å². The standard InChI is InChI=1S/C13H20N4O3/c1-15-12(18)9-2-5-17(6-3-9)8-11-10(4-7-20-11)13(19)16-14/h4,7,9H,2-3,5-6,8,14H2,1H3,(H,15,18)(H,16,19). The predicted molar refractivity (Wildman–Crippen MR) is 72.4 cm³/mol. The van der Waals surface area contributed by atoms with Crippen molar-refractivity contribution < 1.29 is 14.0 Å². The van der Waals surface area contributed by atoms with Gasteiger partial charge >= 0.3 is 0 Å². The van der Waals surface area contributed by atoms with Gasteiger partial charge in [-0.05, 0) is 32.0 Å². The number of furan rings is 1. The zero-order chi connectivity index (χ0) is 14.5. The first-order valence-corrected chi connectivity index (χ1v) is 6.67. The van der Waals surface area contributed by atoms with Crippen molar-refractivity contribution in [2.45, 2.75) is 19.4 Å². The monoisotopic (exact) mass is 280 g/mol. The average molecular weight is 280 g/mol. The summed E-state index contributed by atoms with van der Waals surface area (Å²) in [6.45, 7) is 2.17. The fourth-order valence-corrected chi connectivity index (χ4v) is 2.50. The molecule has 1 aliphatic rings. The van der Waals surface area contributed by atoms with Gasteiger partial charge in [-0.25, -0.2) is 5.84 Å². The second-order valence-electron chi connectivity index (χ2n) is 4.90. The molecule has 1 aromatic heterocycles. The van der Waals surface area contributed by atoms with Gasteiger partial charge in [0, 0.05) is 13.0 Å². The summed E-state index contributed by atoms with van der Waals surface area (Å²) in [6.07, 6.45) is 3.12. The normalized spacial score (nSPS) is 16.9. The molecule has 0 bridgehead atoms. The van der Waals surface area contributed by atoms with E-state index in [2.05, 4.69) is 15.6 Å². The second kappa shape index (κ2) is 6.53. The Hall–Kier alpha value is -1.86. The third-order valence-electron chi connectivity index (χ3n) is 3.69. The highest BCUT2D eigenvalue weighted by Gasteiger charge is 2.25. The van der Waals surface area contributed by atoms with Crippen LogP contribution in [0.4, 0.5) is 0 Å². The molecule has 2 amide bonds. The van der Waals surface area contributed by atoms with Gasteiger partial charge in [-0.1, -0.05) is 0 Å². The molecule has 0 unspecified atom stereocenters. The first kappa shape index (κ1) is 14.5. The Morgan fingerprint density at radius 2 is 2.15 bits per heavy atom. The lowest BCUT2D eigenvalue weighted by Crippen LogP contribution is -2.39. The van der Waals surface area contributed by atoms with Crippen LogP contribution in [0.2, 0.25) is 0 Å². The van der Waals surface area contributed by atoms with Crippen molar-refractivity contribution in [3.63, 3.8) is 0 Å². The SMILES string of the molecule is CNC(=O)C1CCN(Cc2occc2C(=O)NN)CC1. The second-order valence-corrected chi connectivity index (χ2v) is 4.90. The van der Waals surface area contributed by atoms with Gasteiger partial charge in [-0.2, -0.15) is 0 Å². The van der Waals surface area contributed by atoms with E-state index in [0.29, 0.717) is 17.9 Å². The molecular formula is C13H20N4O3. The van der Waals surface area contributed by atoms with Gasteiger partial charge in [0.2, 0.25) is 5.91 Å². The molecule has 1 aromatic rings. The van der Waals surface area contributed by atoms with Crippen LogP contribution < -0.4 is 16.6 Å².